The summed E-state index contributed by atoms with van der Waals surface area (Å²) >= 11 is 0. The summed E-state index contributed by atoms with van der Waals surface area (Å²) in [6.45, 7) is 7.26. The minimum atomic E-state index is -0.585. The molecule has 0 bridgehead atoms. The van der Waals surface area contributed by atoms with Gasteiger partial charge in [0.2, 0.25) is 6.79 Å². The van der Waals surface area contributed by atoms with Crippen LogP contribution < -0.4 is 19.5 Å². The largest absolute Gasteiger partial charge is 0.492 e. The van der Waals surface area contributed by atoms with E-state index in [0.717, 1.165) is 68.6 Å². The number of fused-ring (bicyclic) bond motifs is 1. The lowest BCUT2D eigenvalue weighted by Gasteiger charge is -2.27. The first-order chi connectivity index (χ1) is 17.6. The number of nitrogens with zero attached hydrogens (tertiary/aromatic N) is 2. The van der Waals surface area contributed by atoms with Crippen molar-refractivity contribution in [3.63, 3.8) is 0 Å². The van der Waals surface area contributed by atoms with Gasteiger partial charge in [-0.1, -0.05) is 6.07 Å². The maximum Gasteiger partial charge on any atom is 0.251 e. The average Bonchev–Trinajstić information content (AvgIpc) is 3.30. The fraction of sp³-hybridized carbons (Fsp3) is 0.519. The molecule has 9 heteroatoms. The van der Waals surface area contributed by atoms with Crippen molar-refractivity contribution in [1.29, 1.82) is 0 Å². The van der Waals surface area contributed by atoms with E-state index in [9.17, 15) is 9.90 Å². The van der Waals surface area contributed by atoms with Crippen molar-refractivity contribution in [2.75, 3.05) is 59.3 Å². The number of nitrogens with one attached hydrogen (secondary N) is 1. The van der Waals surface area contributed by atoms with Gasteiger partial charge in [-0.3, -0.25) is 14.6 Å². The Labute approximate surface area is 211 Å². The fourth-order valence-corrected chi connectivity index (χ4v) is 4.87. The molecule has 194 valence electrons. The van der Waals surface area contributed by atoms with Crippen molar-refractivity contribution < 1.29 is 28.8 Å². The predicted molar refractivity (Wildman–Crippen MR) is 134 cm³/mol. The number of aliphatic hydroxyl groups is 1. The molecule has 0 radical (unpaired) electrons. The van der Waals surface area contributed by atoms with Crippen LogP contribution in [0.2, 0.25) is 0 Å². The van der Waals surface area contributed by atoms with Crippen LogP contribution in [0.25, 0.3) is 0 Å². The monoisotopic (exact) mass is 497 g/mol. The number of likely N-dealkylation sites (tertiary alicyclic amines) is 1. The van der Waals surface area contributed by atoms with E-state index in [-0.39, 0.29) is 18.7 Å². The molecule has 0 saturated carbocycles. The molecule has 5 rings (SSSR count). The fourth-order valence-electron chi connectivity index (χ4n) is 4.87. The maximum atomic E-state index is 13.0. The Morgan fingerprint density at radius 2 is 1.83 bits per heavy atom. The molecule has 0 aliphatic carbocycles. The van der Waals surface area contributed by atoms with Gasteiger partial charge in [0.05, 0.1) is 25.4 Å². The topological polar surface area (TPSA) is 92.7 Å². The number of amides is 1. The van der Waals surface area contributed by atoms with Crippen molar-refractivity contribution in [1.82, 2.24) is 15.1 Å². The van der Waals surface area contributed by atoms with E-state index in [1.54, 1.807) is 12.1 Å². The number of benzene rings is 2. The van der Waals surface area contributed by atoms with E-state index in [0.29, 0.717) is 31.7 Å². The van der Waals surface area contributed by atoms with E-state index in [1.807, 2.05) is 30.3 Å². The van der Waals surface area contributed by atoms with Crippen molar-refractivity contribution in [3.8, 4) is 17.2 Å². The molecule has 2 saturated heterocycles. The van der Waals surface area contributed by atoms with Crippen molar-refractivity contribution in [2.24, 2.45) is 0 Å². The molecule has 36 heavy (non-hydrogen) atoms. The third-order valence-electron chi connectivity index (χ3n) is 6.95. The first-order valence-corrected chi connectivity index (χ1v) is 12.8. The molecule has 3 heterocycles. The molecular formula is C27H35N3O6. The molecule has 0 unspecified atom stereocenters. The quantitative estimate of drug-likeness (QED) is 0.571. The maximum absolute atomic E-state index is 13.0. The van der Waals surface area contributed by atoms with Crippen LogP contribution in [-0.4, -0.2) is 92.3 Å². The van der Waals surface area contributed by atoms with Gasteiger partial charge < -0.3 is 29.4 Å². The predicted octanol–water partition coefficient (Wildman–Crippen LogP) is 1.88. The second-order valence-electron chi connectivity index (χ2n) is 9.54. The number of hydrogen-bond donors (Lipinski definition) is 2. The lowest BCUT2D eigenvalue weighted by Crippen LogP contribution is -2.48. The molecule has 0 aromatic heterocycles. The highest BCUT2D eigenvalue weighted by molar-refractivity contribution is 5.94. The minimum Gasteiger partial charge on any atom is -0.492 e. The molecule has 2 fully saturated rings. The third kappa shape index (κ3) is 6.47. The van der Waals surface area contributed by atoms with Crippen LogP contribution in [0.1, 0.15) is 28.8 Å². The molecule has 2 aromatic rings. The molecule has 2 N–H and O–H groups in total. The van der Waals surface area contributed by atoms with E-state index < -0.39 is 6.10 Å². The van der Waals surface area contributed by atoms with E-state index in [4.69, 9.17) is 18.9 Å². The van der Waals surface area contributed by atoms with Gasteiger partial charge in [0.25, 0.3) is 5.91 Å². The lowest BCUT2D eigenvalue weighted by molar-refractivity contribution is 0.0322. The number of carbonyl (C=O) groups excluding carboxylic acids is 1. The summed E-state index contributed by atoms with van der Waals surface area (Å²) in [4.78, 5) is 17.6. The number of ether oxygens (including phenoxy) is 4. The summed E-state index contributed by atoms with van der Waals surface area (Å²) in [6, 6.07) is 12.8. The van der Waals surface area contributed by atoms with Crippen LogP contribution >= 0.6 is 0 Å². The second kappa shape index (κ2) is 11.9. The first-order valence-electron chi connectivity index (χ1n) is 12.8. The molecular weight excluding hydrogens is 462 g/mol. The second-order valence-corrected chi connectivity index (χ2v) is 9.54. The Balaban J connectivity index is 1.13. The van der Waals surface area contributed by atoms with Gasteiger partial charge in [-0.15, -0.1) is 0 Å². The van der Waals surface area contributed by atoms with Gasteiger partial charge in [-0.25, -0.2) is 0 Å². The normalized spacial score (nSPS) is 22.7. The molecule has 9 nitrogen and oxygen atoms in total. The first kappa shape index (κ1) is 24.8. The van der Waals surface area contributed by atoms with Crippen LogP contribution in [0.3, 0.4) is 0 Å². The standard InChI is InChI=1S/C27H35N3O6/c31-24-2-1-9-30(17-20-3-8-25-26(16-20)36-19-35-25)18-23(24)28-27(32)21-4-6-22(7-5-21)34-15-12-29-10-13-33-14-11-29/h3-8,16,23-24,31H,1-2,9-15,17-19H2,(H,28,32)/t23-,24+/m0/s1. The Hall–Kier alpha value is -2.85. The average molecular weight is 498 g/mol. The van der Waals surface area contributed by atoms with Crippen LogP contribution in [0.5, 0.6) is 17.2 Å². The van der Waals surface area contributed by atoms with E-state index in [2.05, 4.69) is 15.1 Å². The SMILES string of the molecule is O=C(N[C@H]1CN(Cc2ccc3c(c2)OCO3)CCC[C@H]1O)c1ccc(OCCN2CCOCC2)cc1. The summed E-state index contributed by atoms with van der Waals surface area (Å²) in [7, 11) is 0. The summed E-state index contributed by atoms with van der Waals surface area (Å²) in [5.41, 5.74) is 1.67. The summed E-state index contributed by atoms with van der Waals surface area (Å²) < 4.78 is 22.1. The third-order valence-corrected chi connectivity index (χ3v) is 6.95. The highest BCUT2D eigenvalue weighted by Crippen LogP contribution is 2.33. The zero-order valence-corrected chi connectivity index (χ0v) is 20.6. The number of morpholine rings is 1. The van der Waals surface area contributed by atoms with Crippen LogP contribution in [0, 0.1) is 0 Å². The molecule has 2 aromatic carbocycles. The number of carbonyl (C=O) groups is 1. The summed E-state index contributed by atoms with van der Waals surface area (Å²) in [5.74, 6) is 2.08. The van der Waals surface area contributed by atoms with Crippen molar-refractivity contribution >= 4 is 5.91 Å². The lowest BCUT2D eigenvalue weighted by atomic mass is 10.1. The molecule has 1 amide bonds. The van der Waals surface area contributed by atoms with Crippen molar-refractivity contribution in [2.45, 2.75) is 31.5 Å². The van der Waals surface area contributed by atoms with E-state index in [1.165, 1.54) is 0 Å². The van der Waals surface area contributed by atoms with Gasteiger partial charge >= 0.3 is 0 Å². The van der Waals surface area contributed by atoms with Gasteiger partial charge in [0.1, 0.15) is 12.4 Å². The summed E-state index contributed by atoms with van der Waals surface area (Å²) in [6.07, 6.45) is 0.936. The van der Waals surface area contributed by atoms with E-state index >= 15 is 0 Å². The number of rotatable bonds is 8. The van der Waals surface area contributed by atoms with Crippen LogP contribution in [-0.2, 0) is 11.3 Å². The zero-order chi connectivity index (χ0) is 24.7. The van der Waals surface area contributed by atoms with Gasteiger partial charge in [-0.05, 0) is 61.3 Å². The number of aliphatic hydroxyl groups excluding tert-OH is 1. The van der Waals surface area contributed by atoms with Gasteiger partial charge in [0, 0.05) is 38.3 Å². The summed E-state index contributed by atoms with van der Waals surface area (Å²) in [5, 5.41) is 13.7. The molecule has 0 spiro atoms. The smallest absolute Gasteiger partial charge is 0.251 e. The Morgan fingerprint density at radius 3 is 2.67 bits per heavy atom. The highest BCUT2D eigenvalue weighted by atomic mass is 16.7. The zero-order valence-electron chi connectivity index (χ0n) is 20.6. The Bertz CT molecular complexity index is 1010. The Kier molecular flexibility index (Phi) is 8.22. The van der Waals surface area contributed by atoms with Gasteiger partial charge in [-0.2, -0.15) is 0 Å². The molecule has 2 atom stereocenters. The molecule has 3 aliphatic heterocycles. The van der Waals surface area contributed by atoms with Crippen LogP contribution in [0.15, 0.2) is 42.5 Å². The van der Waals surface area contributed by atoms with Gasteiger partial charge in [0.15, 0.2) is 11.5 Å². The highest BCUT2D eigenvalue weighted by Gasteiger charge is 2.28. The number of hydrogen-bond acceptors (Lipinski definition) is 8. The van der Waals surface area contributed by atoms with Crippen LogP contribution in [0.4, 0.5) is 0 Å². The van der Waals surface area contributed by atoms with Crippen molar-refractivity contribution in [3.05, 3.63) is 53.6 Å². The molecule has 3 aliphatic rings. The minimum absolute atomic E-state index is 0.191. The Morgan fingerprint density at radius 1 is 1.03 bits per heavy atom.